The third-order valence-corrected chi connectivity index (χ3v) is 3.07. The van der Waals surface area contributed by atoms with Crippen LogP contribution in [-0.4, -0.2) is 6.26 Å². The number of furan rings is 1. The summed E-state index contributed by atoms with van der Waals surface area (Å²) in [4.78, 5) is 11.2. The van der Waals surface area contributed by atoms with E-state index in [9.17, 15) is 4.79 Å². The SMILES string of the molecule is CSc1cc2c(ccc3ccc(=O)oc32)o1. The molecular formula is C12H8O3S. The standard InChI is InChI=1S/C12H8O3S/c1-16-11-6-8-9(14-11)4-2-7-3-5-10(13)15-12(7)8/h2-6H,1H3. The maximum Gasteiger partial charge on any atom is 0.336 e. The van der Waals surface area contributed by atoms with Crippen LogP contribution in [0.25, 0.3) is 21.9 Å². The Morgan fingerprint density at radius 1 is 1.12 bits per heavy atom. The van der Waals surface area contributed by atoms with E-state index in [1.165, 1.54) is 17.8 Å². The normalized spacial score (nSPS) is 11.3. The molecule has 0 amide bonds. The first-order valence-electron chi connectivity index (χ1n) is 4.78. The minimum atomic E-state index is -0.341. The number of rotatable bonds is 1. The predicted octanol–water partition coefficient (Wildman–Crippen LogP) is 3.26. The van der Waals surface area contributed by atoms with Crippen molar-refractivity contribution in [3.8, 4) is 0 Å². The van der Waals surface area contributed by atoms with Crippen LogP contribution in [0.4, 0.5) is 0 Å². The summed E-state index contributed by atoms with van der Waals surface area (Å²) < 4.78 is 10.8. The van der Waals surface area contributed by atoms with Crippen LogP contribution < -0.4 is 5.63 Å². The van der Waals surface area contributed by atoms with Crippen molar-refractivity contribution in [3.63, 3.8) is 0 Å². The molecule has 16 heavy (non-hydrogen) atoms. The summed E-state index contributed by atoms with van der Waals surface area (Å²) in [5.74, 6) is 0. The van der Waals surface area contributed by atoms with Gasteiger partial charge < -0.3 is 8.83 Å². The maximum absolute atomic E-state index is 11.2. The van der Waals surface area contributed by atoms with Gasteiger partial charge in [0, 0.05) is 17.5 Å². The van der Waals surface area contributed by atoms with Gasteiger partial charge in [0.25, 0.3) is 0 Å². The lowest BCUT2D eigenvalue weighted by molar-refractivity contribution is 0.515. The Hall–Kier alpha value is -1.68. The van der Waals surface area contributed by atoms with E-state index < -0.39 is 0 Å². The summed E-state index contributed by atoms with van der Waals surface area (Å²) in [5.41, 5.74) is 0.993. The zero-order valence-corrected chi connectivity index (χ0v) is 9.34. The second kappa shape index (κ2) is 3.42. The lowest BCUT2D eigenvalue weighted by Crippen LogP contribution is -1.93. The third-order valence-electron chi connectivity index (χ3n) is 2.46. The van der Waals surface area contributed by atoms with Crippen LogP contribution in [0.5, 0.6) is 0 Å². The molecule has 0 aliphatic heterocycles. The van der Waals surface area contributed by atoms with Crippen molar-refractivity contribution < 1.29 is 8.83 Å². The van der Waals surface area contributed by atoms with Gasteiger partial charge in [0.05, 0.1) is 5.39 Å². The van der Waals surface area contributed by atoms with Crippen molar-refractivity contribution in [1.82, 2.24) is 0 Å². The zero-order valence-electron chi connectivity index (χ0n) is 8.52. The molecule has 0 saturated heterocycles. The molecule has 2 aromatic heterocycles. The second-order valence-corrected chi connectivity index (χ2v) is 4.23. The number of benzene rings is 1. The number of fused-ring (bicyclic) bond motifs is 3. The molecule has 4 heteroatoms. The fraction of sp³-hybridized carbons (Fsp3) is 0.0833. The fourth-order valence-corrected chi connectivity index (χ4v) is 2.13. The highest BCUT2D eigenvalue weighted by Gasteiger charge is 2.08. The van der Waals surface area contributed by atoms with Crippen molar-refractivity contribution in [3.05, 3.63) is 40.8 Å². The Morgan fingerprint density at radius 2 is 1.94 bits per heavy atom. The molecular weight excluding hydrogens is 224 g/mol. The summed E-state index contributed by atoms with van der Waals surface area (Å²) in [6.45, 7) is 0. The largest absolute Gasteiger partial charge is 0.450 e. The van der Waals surface area contributed by atoms with Crippen LogP contribution in [0.3, 0.4) is 0 Å². The number of thioether (sulfide) groups is 1. The Kier molecular flexibility index (Phi) is 2.04. The average Bonchev–Trinajstić information content (AvgIpc) is 2.72. The monoisotopic (exact) mass is 232 g/mol. The molecule has 0 N–H and O–H groups in total. The van der Waals surface area contributed by atoms with E-state index in [0.717, 1.165) is 21.4 Å². The number of hydrogen-bond donors (Lipinski definition) is 0. The highest BCUT2D eigenvalue weighted by atomic mass is 32.2. The van der Waals surface area contributed by atoms with Crippen LogP contribution in [0.2, 0.25) is 0 Å². The zero-order chi connectivity index (χ0) is 11.1. The summed E-state index contributed by atoms with van der Waals surface area (Å²) >= 11 is 1.52. The van der Waals surface area contributed by atoms with Gasteiger partial charge >= 0.3 is 5.63 Å². The van der Waals surface area contributed by atoms with E-state index in [1.807, 2.05) is 24.5 Å². The summed E-state index contributed by atoms with van der Waals surface area (Å²) in [7, 11) is 0. The predicted molar refractivity (Wildman–Crippen MR) is 64.0 cm³/mol. The average molecular weight is 232 g/mol. The summed E-state index contributed by atoms with van der Waals surface area (Å²) in [5, 5.41) is 2.56. The van der Waals surface area contributed by atoms with E-state index in [0.29, 0.717) is 5.58 Å². The van der Waals surface area contributed by atoms with Crippen LogP contribution in [0.1, 0.15) is 0 Å². The molecule has 2 heterocycles. The van der Waals surface area contributed by atoms with E-state index >= 15 is 0 Å². The van der Waals surface area contributed by atoms with Gasteiger partial charge in [0.1, 0.15) is 11.2 Å². The van der Waals surface area contributed by atoms with Crippen LogP contribution in [0.15, 0.2) is 49.1 Å². The second-order valence-electron chi connectivity index (χ2n) is 3.42. The van der Waals surface area contributed by atoms with Crippen molar-refractivity contribution in [1.29, 1.82) is 0 Å². The van der Waals surface area contributed by atoms with Gasteiger partial charge in [-0.1, -0.05) is 11.8 Å². The highest BCUT2D eigenvalue weighted by molar-refractivity contribution is 7.98. The quantitative estimate of drug-likeness (QED) is 0.477. The molecule has 0 fully saturated rings. The molecule has 0 atom stereocenters. The van der Waals surface area contributed by atoms with E-state index in [-0.39, 0.29) is 5.63 Å². The molecule has 0 saturated carbocycles. The van der Waals surface area contributed by atoms with Crippen molar-refractivity contribution >= 4 is 33.7 Å². The molecule has 3 aromatic rings. The van der Waals surface area contributed by atoms with Crippen LogP contribution in [0, 0.1) is 0 Å². The first kappa shape index (κ1) is 9.54. The van der Waals surface area contributed by atoms with Crippen LogP contribution in [-0.2, 0) is 0 Å². The molecule has 0 radical (unpaired) electrons. The molecule has 3 rings (SSSR count). The van der Waals surface area contributed by atoms with E-state index in [2.05, 4.69) is 0 Å². The van der Waals surface area contributed by atoms with Gasteiger partial charge in [-0.05, 0) is 24.5 Å². The Labute approximate surface area is 95.0 Å². The summed E-state index contributed by atoms with van der Waals surface area (Å²) in [6, 6.07) is 8.84. The maximum atomic E-state index is 11.2. The topological polar surface area (TPSA) is 43.4 Å². The lowest BCUT2D eigenvalue weighted by atomic mass is 10.2. The Morgan fingerprint density at radius 3 is 2.75 bits per heavy atom. The third kappa shape index (κ3) is 1.34. The van der Waals surface area contributed by atoms with Crippen molar-refractivity contribution in [2.75, 3.05) is 6.26 Å². The Bertz CT molecular complexity index is 724. The van der Waals surface area contributed by atoms with Gasteiger partial charge in [0.15, 0.2) is 5.09 Å². The molecule has 0 aliphatic rings. The molecule has 1 aromatic carbocycles. The molecule has 0 bridgehead atoms. The smallest absolute Gasteiger partial charge is 0.336 e. The van der Waals surface area contributed by atoms with Gasteiger partial charge in [-0.15, -0.1) is 0 Å². The van der Waals surface area contributed by atoms with Gasteiger partial charge in [-0.2, -0.15) is 0 Å². The van der Waals surface area contributed by atoms with E-state index in [4.69, 9.17) is 8.83 Å². The van der Waals surface area contributed by atoms with Crippen molar-refractivity contribution in [2.24, 2.45) is 0 Å². The minimum Gasteiger partial charge on any atom is -0.450 e. The molecule has 3 nitrogen and oxygen atoms in total. The fourth-order valence-electron chi connectivity index (χ4n) is 1.72. The number of hydrogen-bond acceptors (Lipinski definition) is 4. The molecule has 0 unspecified atom stereocenters. The van der Waals surface area contributed by atoms with Crippen molar-refractivity contribution in [2.45, 2.75) is 5.09 Å². The van der Waals surface area contributed by atoms with Gasteiger partial charge in [-0.25, -0.2) is 4.79 Å². The first-order chi connectivity index (χ1) is 7.78. The van der Waals surface area contributed by atoms with Crippen LogP contribution >= 0.6 is 11.8 Å². The molecule has 0 spiro atoms. The molecule has 0 aliphatic carbocycles. The van der Waals surface area contributed by atoms with Gasteiger partial charge in [0.2, 0.25) is 0 Å². The van der Waals surface area contributed by atoms with E-state index in [1.54, 1.807) is 6.07 Å². The molecule has 80 valence electrons. The summed E-state index contributed by atoms with van der Waals surface area (Å²) in [6.07, 6.45) is 1.94. The first-order valence-corrected chi connectivity index (χ1v) is 6.01. The minimum absolute atomic E-state index is 0.341. The highest BCUT2D eigenvalue weighted by Crippen LogP contribution is 2.30. The lowest BCUT2D eigenvalue weighted by Gasteiger charge is -1.95. The van der Waals surface area contributed by atoms with Gasteiger partial charge in [-0.3, -0.25) is 0 Å². The Balaban J connectivity index is 2.51.